The van der Waals surface area contributed by atoms with E-state index in [1.165, 1.54) is 0 Å². The van der Waals surface area contributed by atoms with Crippen LogP contribution in [0.25, 0.3) is 0 Å². The van der Waals surface area contributed by atoms with E-state index in [4.69, 9.17) is 11.6 Å². The maximum Gasteiger partial charge on any atom is 0.223 e. The zero-order chi connectivity index (χ0) is 19.9. The molecule has 0 aliphatic carbocycles. The molecule has 1 atom stereocenters. The third-order valence-electron chi connectivity index (χ3n) is 4.52. The number of hydrogen-bond donors (Lipinski definition) is 0. The Kier molecular flexibility index (Phi) is 7.85. The number of halogens is 1. The lowest BCUT2D eigenvalue weighted by Gasteiger charge is -2.27. The molecule has 0 N–H and O–H groups in total. The van der Waals surface area contributed by atoms with Crippen LogP contribution in [0.5, 0.6) is 0 Å². The number of amides is 1. The molecule has 1 amide bonds. The van der Waals surface area contributed by atoms with Crippen molar-refractivity contribution in [3.8, 4) is 0 Å². The van der Waals surface area contributed by atoms with Crippen LogP contribution in [0.2, 0.25) is 5.02 Å². The fourth-order valence-electron chi connectivity index (χ4n) is 3.46. The Balaban J connectivity index is 2.08. The van der Waals surface area contributed by atoms with Crippen molar-refractivity contribution in [2.24, 2.45) is 11.3 Å². The number of benzene rings is 1. The second-order valence-corrected chi connectivity index (χ2v) is 8.96. The number of carbonyl (C=O) groups is 1. The Morgan fingerprint density at radius 3 is 2.48 bits per heavy atom. The quantitative estimate of drug-likeness (QED) is 0.577. The molecule has 146 valence electrons. The number of hydrogen-bond acceptors (Lipinski definition) is 2. The molecular formula is C23H31ClN2O. The normalized spacial score (nSPS) is 12.6. The van der Waals surface area contributed by atoms with Crippen molar-refractivity contribution in [3.63, 3.8) is 0 Å². The van der Waals surface area contributed by atoms with Gasteiger partial charge in [-0.1, -0.05) is 63.6 Å². The van der Waals surface area contributed by atoms with Gasteiger partial charge in [-0.25, -0.2) is 0 Å². The molecule has 3 nitrogen and oxygen atoms in total. The van der Waals surface area contributed by atoms with Gasteiger partial charge in [0.15, 0.2) is 0 Å². The summed E-state index contributed by atoms with van der Waals surface area (Å²) in [4.78, 5) is 19.3. The molecule has 2 aromatic rings. The predicted octanol–water partition coefficient (Wildman–Crippen LogP) is 5.77. The summed E-state index contributed by atoms with van der Waals surface area (Å²) in [5.41, 5.74) is 2.20. The molecule has 1 heterocycles. The van der Waals surface area contributed by atoms with E-state index in [9.17, 15) is 4.79 Å². The topological polar surface area (TPSA) is 33.2 Å². The maximum atomic E-state index is 13.0. The molecular weight excluding hydrogens is 356 g/mol. The van der Waals surface area contributed by atoms with E-state index in [1.54, 1.807) is 6.20 Å². The van der Waals surface area contributed by atoms with Gasteiger partial charge in [-0.2, -0.15) is 0 Å². The number of aromatic nitrogens is 1. The summed E-state index contributed by atoms with van der Waals surface area (Å²) in [5, 5.41) is 0.705. The van der Waals surface area contributed by atoms with Crippen molar-refractivity contribution in [1.29, 1.82) is 0 Å². The highest BCUT2D eigenvalue weighted by Gasteiger charge is 2.21. The van der Waals surface area contributed by atoms with E-state index >= 15 is 0 Å². The van der Waals surface area contributed by atoms with E-state index in [2.05, 4.69) is 32.7 Å². The summed E-state index contributed by atoms with van der Waals surface area (Å²) in [6.07, 6.45) is 4.12. The molecule has 4 heteroatoms. The number of nitrogens with zero attached hydrogens (tertiary/aromatic N) is 2. The molecule has 1 aromatic heterocycles. The van der Waals surface area contributed by atoms with Gasteiger partial charge in [-0.05, 0) is 41.5 Å². The van der Waals surface area contributed by atoms with Crippen molar-refractivity contribution < 1.29 is 4.79 Å². The van der Waals surface area contributed by atoms with E-state index in [-0.39, 0.29) is 11.3 Å². The van der Waals surface area contributed by atoms with E-state index in [1.807, 2.05) is 47.4 Å². The zero-order valence-electron chi connectivity index (χ0n) is 16.9. The van der Waals surface area contributed by atoms with Gasteiger partial charge in [0.2, 0.25) is 5.91 Å². The van der Waals surface area contributed by atoms with E-state index < -0.39 is 0 Å². The van der Waals surface area contributed by atoms with Gasteiger partial charge in [-0.15, -0.1) is 0 Å². The average molecular weight is 387 g/mol. The molecule has 0 aliphatic rings. The molecule has 1 aromatic carbocycles. The Morgan fingerprint density at radius 2 is 1.85 bits per heavy atom. The predicted molar refractivity (Wildman–Crippen MR) is 113 cm³/mol. The summed E-state index contributed by atoms with van der Waals surface area (Å²) < 4.78 is 0. The van der Waals surface area contributed by atoms with Crippen LogP contribution in [0.4, 0.5) is 0 Å². The minimum Gasteiger partial charge on any atom is -0.338 e. The molecule has 0 spiro atoms. The van der Waals surface area contributed by atoms with E-state index in [0.29, 0.717) is 30.5 Å². The molecule has 0 saturated carbocycles. The zero-order valence-corrected chi connectivity index (χ0v) is 17.7. The first-order valence-electron chi connectivity index (χ1n) is 9.66. The first-order valence-corrected chi connectivity index (χ1v) is 10.0. The lowest BCUT2D eigenvalue weighted by Crippen LogP contribution is -2.34. The van der Waals surface area contributed by atoms with Crippen molar-refractivity contribution in [3.05, 3.63) is 64.9 Å². The molecule has 1 unspecified atom stereocenters. The number of pyridine rings is 1. The van der Waals surface area contributed by atoms with E-state index in [0.717, 1.165) is 24.1 Å². The SMILES string of the molecule is CC(CC(=O)N(CCc1ccccn1)Cc1ccccc1Cl)CC(C)(C)C. The van der Waals surface area contributed by atoms with Gasteiger partial charge < -0.3 is 4.90 Å². The second kappa shape index (κ2) is 9.89. The minimum atomic E-state index is 0.183. The Labute approximate surface area is 168 Å². The van der Waals surface area contributed by atoms with Crippen LogP contribution in [0.3, 0.4) is 0 Å². The number of rotatable bonds is 8. The van der Waals surface area contributed by atoms with Gasteiger partial charge in [0.1, 0.15) is 0 Å². The summed E-state index contributed by atoms with van der Waals surface area (Å²) in [6, 6.07) is 13.6. The monoisotopic (exact) mass is 386 g/mol. The second-order valence-electron chi connectivity index (χ2n) is 8.55. The van der Waals surface area contributed by atoms with Crippen molar-refractivity contribution >= 4 is 17.5 Å². The van der Waals surface area contributed by atoms with Crippen LogP contribution in [0.15, 0.2) is 48.7 Å². The molecule has 2 rings (SSSR count). The Bertz CT molecular complexity index is 725. The highest BCUT2D eigenvalue weighted by molar-refractivity contribution is 6.31. The summed E-state index contributed by atoms with van der Waals surface area (Å²) in [5.74, 6) is 0.531. The molecule has 0 bridgehead atoms. The van der Waals surface area contributed by atoms with Crippen molar-refractivity contribution in [2.75, 3.05) is 6.54 Å². The van der Waals surface area contributed by atoms with Gasteiger partial charge in [-0.3, -0.25) is 9.78 Å². The van der Waals surface area contributed by atoms with Gasteiger partial charge >= 0.3 is 0 Å². The van der Waals surface area contributed by atoms with Crippen molar-refractivity contribution in [1.82, 2.24) is 9.88 Å². The van der Waals surface area contributed by atoms with Crippen LogP contribution >= 0.6 is 11.6 Å². The minimum absolute atomic E-state index is 0.183. The lowest BCUT2D eigenvalue weighted by atomic mass is 9.84. The fraction of sp³-hybridized carbons (Fsp3) is 0.478. The van der Waals surface area contributed by atoms with Crippen LogP contribution in [0, 0.1) is 11.3 Å². The Morgan fingerprint density at radius 1 is 1.15 bits per heavy atom. The van der Waals surface area contributed by atoms with Crippen LogP contribution < -0.4 is 0 Å². The van der Waals surface area contributed by atoms with Gasteiger partial charge in [0.25, 0.3) is 0 Å². The smallest absolute Gasteiger partial charge is 0.223 e. The Hall–Kier alpha value is -1.87. The summed E-state index contributed by atoms with van der Waals surface area (Å²) in [6.45, 7) is 10.00. The van der Waals surface area contributed by atoms with Crippen LogP contribution in [-0.2, 0) is 17.8 Å². The molecule has 0 fully saturated rings. The van der Waals surface area contributed by atoms with Gasteiger partial charge in [0.05, 0.1) is 0 Å². The highest BCUT2D eigenvalue weighted by atomic mass is 35.5. The van der Waals surface area contributed by atoms with Gasteiger partial charge in [0, 0.05) is 42.8 Å². The molecule has 0 radical (unpaired) electrons. The first kappa shape index (κ1) is 21.4. The lowest BCUT2D eigenvalue weighted by molar-refractivity contribution is -0.132. The first-order chi connectivity index (χ1) is 12.7. The number of carbonyl (C=O) groups excluding carboxylic acids is 1. The molecule has 0 aliphatic heterocycles. The maximum absolute atomic E-state index is 13.0. The average Bonchev–Trinajstić information content (AvgIpc) is 2.59. The largest absolute Gasteiger partial charge is 0.338 e. The molecule has 27 heavy (non-hydrogen) atoms. The summed E-state index contributed by atoms with van der Waals surface area (Å²) >= 11 is 6.33. The summed E-state index contributed by atoms with van der Waals surface area (Å²) in [7, 11) is 0. The fourth-order valence-corrected chi connectivity index (χ4v) is 3.66. The van der Waals surface area contributed by atoms with Crippen LogP contribution in [-0.4, -0.2) is 22.3 Å². The third kappa shape index (κ3) is 7.72. The third-order valence-corrected chi connectivity index (χ3v) is 4.89. The highest BCUT2D eigenvalue weighted by Crippen LogP contribution is 2.27. The molecule has 0 saturated heterocycles. The standard InChI is InChI=1S/C23H31ClN2O/c1-18(16-23(2,3)4)15-22(27)26(14-12-20-10-7-8-13-25-20)17-19-9-5-6-11-21(19)24/h5-11,13,18H,12,14-17H2,1-4H3. The van der Waals surface area contributed by atoms with Crippen molar-refractivity contribution in [2.45, 2.75) is 53.5 Å². The van der Waals surface area contributed by atoms with Crippen LogP contribution in [0.1, 0.15) is 51.8 Å².